The van der Waals surface area contributed by atoms with Gasteiger partial charge in [-0.25, -0.2) is 10.2 Å². The van der Waals surface area contributed by atoms with Gasteiger partial charge in [0.15, 0.2) is 0 Å². The van der Waals surface area contributed by atoms with Gasteiger partial charge in [0.2, 0.25) is 0 Å². The van der Waals surface area contributed by atoms with Crippen LogP contribution in [-0.2, 0) is 0 Å². The standard InChI is InChI=1S/C8H9FN2O2/c1-11(10)8(13)6-3-2-5(12)4-7(6)9/h2-4,12H,10H2,1H3. The molecule has 0 aliphatic rings. The Morgan fingerprint density at radius 1 is 1.62 bits per heavy atom. The fourth-order valence-corrected chi connectivity index (χ4v) is 0.867. The topological polar surface area (TPSA) is 66.6 Å². The summed E-state index contributed by atoms with van der Waals surface area (Å²) in [5.74, 6) is 3.47. The number of hydrogen-bond donors (Lipinski definition) is 2. The summed E-state index contributed by atoms with van der Waals surface area (Å²) < 4.78 is 13.0. The third-order valence-electron chi connectivity index (χ3n) is 1.50. The first kappa shape index (κ1) is 9.47. The van der Waals surface area contributed by atoms with Gasteiger partial charge in [-0.2, -0.15) is 0 Å². The van der Waals surface area contributed by atoms with Crippen LogP contribution >= 0.6 is 0 Å². The minimum atomic E-state index is -0.790. The van der Waals surface area contributed by atoms with E-state index in [0.29, 0.717) is 0 Å². The van der Waals surface area contributed by atoms with Gasteiger partial charge in [-0.3, -0.25) is 9.80 Å². The van der Waals surface area contributed by atoms with Crippen molar-refractivity contribution >= 4 is 5.91 Å². The predicted octanol–water partition coefficient (Wildman–Crippen LogP) is 0.477. The average molecular weight is 184 g/mol. The maximum Gasteiger partial charge on any atom is 0.270 e. The maximum atomic E-state index is 13.0. The Morgan fingerprint density at radius 2 is 2.23 bits per heavy atom. The van der Waals surface area contributed by atoms with Gasteiger partial charge in [-0.05, 0) is 12.1 Å². The van der Waals surface area contributed by atoms with Crippen LogP contribution in [-0.4, -0.2) is 23.1 Å². The first-order valence-corrected chi connectivity index (χ1v) is 3.53. The maximum absolute atomic E-state index is 13.0. The molecule has 0 aliphatic heterocycles. The molecule has 4 nitrogen and oxygen atoms in total. The second-order valence-corrected chi connectivity index (χ2v) is 2.58. The van der Waals surface area contributed by atoms with Crippen molar-refractivity contribution in [2.45, 2.75) is 0 Å². The number of nitrogens with zero attached hydrogens (tertiary/aromatic N) is 1. The van der Waals surface area contributed by atoms with Gasteiger partial charge in [-0.15, -0.1) is 0 Å². The lowest BCUT2D eigenvalue weighted by molar-refractivity contribution is 0.0790. The van der Waals surface area contributed by atoms with Crippen molar-refractivity contribution < 1.29 is 14.3 Å². The molecule has 0 saturated carbocycles. The van der Waals surface area contributed by atoms with Crippen molar-refractivity contribution in [3.63, 3.8) is 0 Å². The lowest BCUT2D eigenvalue weighted by atomic mass is 10.2. The zero-order valence-electron chi connectivity index (χ0n) is 6.99. The molecule has 1 aromatic rings. The number of rotatable bonds is 1. The molecule has 13 heavy (non-hydrogen) atoms. The van der Waals surface area contributed by atoms with Gasteiger partial charge in [0.1, 0.15) is 11.6 Å². The predicted molar refractivity (Wildman–Crippen MR) is 44.3 cm³/mol. The Morgan fingerprint density at radius 3 is 2.69 bits per heavy atom. The molecular formula is C8H9FN2O2. The second kappa shape index (κ2) is 3.40. The third-order valence-corrected chi connectivity index (χ3v) is 1.50. The highest BCUT2D eigenvalue weighted by molar-refractivity contribution is 5.94. The van der Waals surface area contributed by atoms with Gasteiger partial charge < -0.3 is 5.11 Å². The number of carbonyl (C=O) groups is 1. The molecule has 0 saturated heterocycles. The summed E-state index contributed by atoms with van der Waals surface area (Å²) in [6.45, 7) is 0. The molecule has 0 spiro atoms. The van der Waals surface area contributed by atoms with Crippen LogP contribution in [0.2, 0.25) is 0 Å². The number of hydrazine groups is 1. The van der Waals surface area contributed by atoms with Crippen LogP contribution in [0.15, 0.2) is 18.2 Å². The lowest BCUT2D eigenvalue weighted by Gasteiger charge is -2.10. The summed E-state index contributed by atoms with van der Waals surface area (Å²) in [6.07, 6.45) is 0. The average Bonchev–Trinajstić information content (AvgIpc) is 2.03. The number of aromatic hydroxyl groups is 1. The molecule has 0 aromatic heterocycles. The highest BCUT2D eigenvalue weighted by Gasteiger charge is 2.13. The van der Waals surface area contributed by atoms with Gasteiger partial charge in [-0.1, -0.05) is 0 Å². The largest absolute Gasteiger partial charge is 0.508 e. The number of hydrogen-bond acceptors (Lipinski definition) is 3. The van der Waals surface area contributed by atoms with E-state index in [1.165, 1.54) is 19.2 Å². The molecule has 0 unspecified atom stereocenters. The van der Waals surface area contributed by atoms with Gasteiger partial charge in [0.25, 0.3) is 5.91 Å². The molecule has 0 atom stereocenters. The molecular weight excluding hydrogens is 175 g/mol. The summed E-state index contributed by atoms with van der Waals surface area (Å²) in [5.41, 5.74) is -0.164. The number of phenols is 1. The molecule has 1 amide bonds. The van der Waals surface area contributed by atoms with Crippen LogP contribution in [0.5, 0.6) is 5.75 Å². The summed E-state index contributed by atoms with van der Waals surface area (Å²) >= 11 is 0. The van der Waals surface area contributed by atoms with E-state index in [-0.39, 0.29) is 11.3 Å². The van der Waals surface area contributed by atoms with Gasteiger partial charge in [0, 0.05) is 13.1 Å². The van der Waals surface area contributed by atoms with Crippen molar-refractivity contribution in [2.24, 2.45) is 5.84 Å². The van der Waals surface area contributed by atoms with E-state index in [9.17, 15) is 9.18 Å². The van der Waals surface area contributed by atoms with Crippen molar-refractivity contribution in [3.05, 3.63) is 29.6 Å². The number of nitrogens with two attached hydrogens (primary N) is 1. The Kier molecular flexibility index (Phi) is 2.48. The Bertz CT molecular complexity index is 339. The highest BCUT2D eigenvalue weighted by Crippen LogP contribution is 2.15. The highest BCUT2D eigenvalue weighted by atomic mass is 19.1. The summed E-state index contributed by atoms with van der Waals surface area (Å²) in [6, 6.07) is 3.26. The van der Waals surface area contributed by atoms with Crippen LogP contribution in [0.25, 0.3) is 0 Å². The quantitative estimate of drug-likeness (QED) is 0.379. The molecule has 0 aliphatic carbocycles. The molecule has 70 valence electrons. The van der Waals surface area contributed by atoms with Crippen molar-refractivity contribution in [2.75, 3.05) is 7.05 Å². The smallest absolute Gasteiger partial charge is 0.270 e. The van der Waals surface area contributed by atoms with Crippen molar-refractivity contribution in [1.29, 1.82) is 0 Å². The lowest BCUT2D eigenvalue weighted by Crippen LogP contribution is -2.33. The number of phenolic OH excluding ortho intramolecular Hbond substituents is 1. The number of benzene rings is 1. The Hall–Kier alpha value is -1.62. The van der Waals surface area contributed by atoms with Crippen LogP contribution < -0.4 is 5.84 Å². The van der Waals surface area contributed by atoms with Crippen molar-refractivity contribution in [3.8, 4) is 5.75 Å². The second-order valence-electron chi connectivity index (χ2n) is 2.58. The molecule has 0 bridgehead atoms. The zero-order valence-corrected chi connectivity index (χ0v) is 6.99. The van der Waals surface area contributed by atoms with Crippen LogP contribution in [0, 0.1) is 5.82 Å². The van der Waals surface area contributed by atoms with E-state index in [1.807, 2.05) is 0 Å². The SMILES string of the molecule is CN(N)C(=O)c1ccc(O)cc1F. The molecule has 1 rings (SSSR count). The fourth-order valence-electron chi connectivity index (χ4n) is 0.867. The van der Waals surface area contributed by atoms with E-state index in [4.69, 9.17) is 10.9 Å². The van der Waals surface area contributed by atoms with Gasteiger partial charge >= 0.3 is 0 Å². The van der Waals surface area contributed by atoms with E-state index < -0.39 is 11.7 Å². The van der Waals surface area contributed by atoms with E-state index in [0.717, 1.165) is 11.1 Å². The molecule has 0 radical (unpaired) electrons. The fraction of sp³-hybridized carbons (Fsp3) is 0.125. The van der Waals surface area contributed by atoms with E-state index in [2.05, 4.69) is 0 Å². The zero-order chi connectivity index (χ0) is 10.0. The van der Waals surface area contributed by atoms with E-state index >= 15 is 0 Å². The van der Waals surface area contributed by atoms with E-state index in [1.54, 1.807) is 0 Å². The number of halogens is 1. The first-order valence-electron chi connectivity index (χ1n) is 3.53. The van der Waals surface area contributed by atoms with Crippen LogP contribution in [0.4, 0.5) is 4.39 Å². The third kappa shape index (κ3) is 1.94. The van der Waals surface area contributed by atoms with Crippen molar-refractivity contribution in [1.82, 2.24) is 5.01 Å². The minimum absolute atomic E-state index is 0.164. The summed E-state index contributed by atoms with van der Waals surface area (Å²) in [7, 11) is 1.31. The van der Waals surface area contributed by atoms with Crippen LogP contribution in [0.1, 0.15) is 10.4 Å². The molecule has 0 fully saturated rings. The van der Waals surface area contributed by atoms with Gasteiger partial charge in [0.05, 0.1) is 5.56 Å². The first-order chi connectivity index (χ1) is 6.02. The number of carbonyl (C=O) groups excluding carboxylic acids is 1. The molecule has 5 heteroatoms. The number of amides is 1. The summed E-state index contributed by atoms with van der Waals surface area (Å²) in [4.78, 5) is 11.2. The Labute approximate surface area is 74.4 Å². The Balaban J connectivity index is 3.09. The summed E-state index contributed by atoms with van der Waals surface area (Å²) in [5, 5.41) is 9.64. The minimum Gasteiger partial charge on any atom is -0.508 e. The molecule has 3 N–H and O–H groups in total. The van der Waals surface area contributed by atoms with Crippen LogP contribution in [0.3, 0.4) is 0 Å². The molecule has 1 aromatic carbocycles. The normalized spacial score (nSPS) is 9.77. The monoisotopic (exact) mass is 184 g/mol. The molecule has 0 heterocycles.